The largest absolute Gasteiger partial charge is 0.481 e. The Morgan fingerprint density at radius 2 is 2.11 bits per heavy atom. The number of imidazole rings is 1. The first kappa shape index (κ1) is 13.1. The standard InChI is InChI=1S/C14H16N2O3/c1-10-9-15(2)14(19)16(10)12-5-3-4-11(8-12)6-7-13(17)18/h3-5,8-9H,6-7H2,1-2H3,(H,17,18). The van der Waals surface area contributed by atoms with Gasteiger partial charge < -0.3 is 9.67 Å². The maximum Gasteiger partial charge on any atom is 0.332 e. The molecule has 0 radical (unpaired) electrons. The zero-order valence-electron chi connectivity index (χ0n) is 11.0. The number of carboxylic acid groups (broad SMARTS) is 1. The highest BCUT2D eigenvalue weighted by molar-refractivity contribution is 5.67. The van der Waals surface area contributed by atoms with Crippen molar-refractivity contribution in [2.24, 2.45) is 7.05 Å². The van der Waals surface area contributed by atoms with Gasteiger partial charge in [-0.3, -0.25) is 9.36 Å². The van der Waals surface area contributed by atoms with Crippen LogP contribution in [0.15, 0.2) is 35.3 Å². The Morgan fingerprint density at radius 3 is 2.68 bits per heavy atom. The molecule has 0 aliphatic carbocycles. The van der Waals surface area contributed by atoms with Crippen LogP contribution < -0.4 is 5.69 Å². The smallest absolute Gasteiger partial charge is 0.332 e. The highest BCUT2D eigenvalue weighted by Gasteiger charge is 2.08. The summed E-state index contributed by atoms with van der Waals surface area (Å²) >= 11 is 0. The molecule has 1 aromatic carbocycles. The Bertz CT molecular complexity index is 668. The van der Waals surface area contributed by atoms with Crippen molar-refractivity contribution >= 4 is 5.97 Å². The summed E-state index contributed by atoms with van der Waals surface area (Å²) < 4.78 is 3.14. The molecular weight excluding hydrogens is 244 g/mol. The minimum Gasteiger partial charge on any atom is -0.481 e. The summed E-state index contributed by atoms with van der Waals surface area (Å²) in [5.74, 6) is -0.821. The van der Waals surface area contributed by atoms with E-state index in [0.717, 1.165) is 16.9 Å². The lowest BCUT2D eigenvalue weighted by molar-refractivity contribution is -0.136. The summed E-state index contributed by atoms with van der Waals surface area (Å²) in [7, 11) is 1.71. The summed E-state index contributed by atoms with van der Waals surface area (Å²) in [5, 5.41) is 8.69. The number of carboxylic acids is 1. The van der Waals surface area contributed by atoms with Crippen LogP contribution in [0.5, 0.6) is 0 Å². The first-order chi connectivity index (χ1) is 8.99. The first-order valence-electron chi connectivity index (χ1n) is 6.05. The number of hydrogen-bond acceptors (Lipinski definition) is 2. The maximum atomic E-state index is 12.0. The lowest BCUT2D eigenvalue weighted by Crippen LogP contribution is -2.21. The van der Waals surface area contributed by atoms with E-state index in [0.29, 0.717) is 6.42 Å². The fraction of sp³-hybridized carbons (Fsp3) is 0.286. The predicted octanol–water partition coefficient (Wildman–Crippen LogP) is 1.50. The number of aliphatic carboxylic acids is 1. The molecule has 0 saturated heterocycles. The van der Waals surface area contributed by atoms with Crippen LogP contribution in [0.25, 0.3) is 5.69 Å². The van der Waals surface area contributed by atoms with Crippen molar-refractivity contribution in [1.29, 1.82) is 0 Å². The minimum atomic E-state index is -0.821. The quantitative estimate of drug-likeness (QED) is 0.906. The lowest BCUT2D eigenvalue weighted by atomic mass is 10.1. The van der Waals surface area contributed by atoms with Crippen molar-refractivity contribution in [3.8, 4) is 5.69 Å². The van der Waals surface area contributed by atoms with Gasteiger partial charge in [-0.15, -0.1) is 0 Å². The number of nitrogens with zero attached hydrogens (tertiary/aromatic N) is 2. The second-order valence-electron chi connectivity index (χ2n) is 4.56. The molecule has 0 unspecified atom stereocenters. The van der Waals surface area contributed by atoms with E-state index < -0.39 is 5.97 Å². The van der Waals surface area contributed by atoms with Gasteiger partial charge in [-0.25, -0.2) is 4.79 Å². The second kappa shape index (κ2) is 5.14. The van der Waals surface area contributed by atoms with Crippen LogP contribution in [0.4, 0.5) is 0 Å². The third-order valence-corrected chi connectivity index (χ3v) is 3.02. The van der Waals surface area contributed by atoms with E-state index in [9.17, 15) is 9.59 Å². The molecular formula is C14H16N2O3. The molecule has 0 saturated carbocycles. The van der Waals surface area contributed by atoms with Crippen LogP contribution >= 0.6 is 0 Å². The molecule has 1 N–H and O–H groups in total. The molecule has 2 rings (SSSR count). The van der Waals surface area contributed by atoms with Gasteiger partial charge in [0.05, 0.1) is 5.69 Å². The van der Waals surface area contributed by atoms with E-state index in [2.05, 4.69) is 0 Å². The van der Waals surface area contributed by atoms with Crippen molar-refractivity contribution in [2.45, 2.75) is 19.8 Å². The molecule has 100 valence electrons. The molecule has 0 amide bonds. The molecule has 0 spiro atoms. The fourth-order valence-corrected chi connectivity index (χ4v) is 2.12. The number of benzene rings is 1. The molecule has 5 heteroatoms. The summed E-state index contributed by atoms with van der Waals surface area (Å²) in [6.07, 6.45) is 2.32. The SMILES string of the molecule is Cc1cn(C)c(=O)n1-c1cccc(CCC(=O)O)c1. The van der Waals surface area contributed by atoms with Crippen molar-refractivity contribution in [2.75, 3.05) is 0 Å². The van der Waals surface area contributed by atoms with Gasteiger partial charge in [0.25, 0.3) is 0 Å². The van der Waals surface area contributed by atoms with Crippen LogP contribution in [0.1, 0.15) is 17.7 Å². The van der Waals surface area contributed by atoms with Gasteiger partial charge in [-0.05, 0) is 31.0 Å². The Morgan fingerprint density at radius 1 is 1.37 bits per heavy atom. The number of rotatable bonds is 4. The lowest BCUT2D eigenvalue weighted by Gasteiger charge is -2.06. The zero-order valence-corrected chi connectivity index (χ0v) is 11.0. The van der Waals surface area contributed by atoms with Crippen molar-refractivity contribution in [1.82, 2.24) is 9.13 Å². The van der Waals surface area contributed by atoms with Gasteiger partial charge in [0.2, 0.25) is 0 Å². The van der Waals surface area contributed by atoms with Crippen LogP contribution in [-0.2, 0) is 18.3 Å². The van der Waals surface area contributed by atoms with Gasteiger partial charge in [0, 0.05) is 25.4 Å². The summed E-state index contributed by atoms with van der Waals surface area (Å²) in [4.78, 5) is 22.6. The highest BCUT2D eigenvalue weighted by Crippen LogP contribution is 2.12. The van der Waals surface area contributed by atoms with E-state index in [1.165, 1.54) is 4.57 Å². The zero-order chi connectivity index (χ0) is 14.0. The molecule has 0 aliphatic rings. The van der Waals surface area contributed by atoms with Gasteiger partial charge in [0.1, 0.15) is 0 Å². The molecule has 0 atom stereocenters. The molecule has 1 heterocycles. The fourth-order valence-electron chi connectivity index (χ4n) is 2.12. The average Bonchev–Trinajstić information content (AvgIpc) is 2.61. The monoisotopic (exact) mass is 260 g/mol. The third-order valence-electron chi connectivity index (χ3n) is 3.02. The molecule has 1 aromatic heterocycles. The van der Waals surface area contributed by atoms with E-state index in [1.54, 1.807) is 17.8 Å². The Hall–Kier alpha value is -2.30. The molecule has 0 aliphatic heterocycles. The molecule has 5 nitrogen and oxygen atoms in total. The third kappa shape index (κ3) is 2.76. The van der Waals surface area contributed by atoms with E-state index in [-0.39, 0.29) is 12.1 Å². The first-order valence-corrected chi connectivity index (χ1v) is 6.05. The van der Waals surface area contributed by atoms with Crippen LogP contribution in [0.3, 0.4) is 0 Å². The summed E-state index contributed by atoms with van der Waals surface area (Å²) in [6.45, 7) is 1.87. The van der Waals surface area contributed by atoms with Gasteiger partial charge in [0.15, 0.2) is 0 Å². The number of aryl methyl sites for hydroxylation is 3. The number of carbonyl (C=O) groups is 1. The van der Waals surface area contributed by atoms with Crippen LogP contribution in [0.2, 0.25) is 0 Å². The van der Waals surface area contributed by atoms with Crippen molar-refractivity contribution in [3.63, 3.8) is 0 Å². The van der Waals surface area contributed by atoms with Gasteiger partial charge >= 0.3 is 11.7 Å². The maximum absolute atomic E-state index is 12.0. The Balaban J connectivity index is 2.38. The van der Waals surface area contributed by atoms with E-state index >= 15 is 0 Å². The highest BCUT2D eigenvalue weighted by atomic mass is 16.4. The van der Waals surface area contributed by atoms with Crippen LogP contribution in [-0.4, -0.2) is 20.2 Å². The minimum absolute atomic E-state index is 0.0894. The van der Waals surface area contributed by atoms with Gasteiger partial charge in [-0.2, -0.15) is 0 Å². The summed E-state index contributed by atoms with van der Waals surface area (Å²) in [5.41, 5.74) is 2.43. The topological polar surface area (TPSA) is 64.2 Å². The van der Waals surface area contributed by atoms with Crippen molar-refractivity contribution in [3.05, 3.63) is 52.2 Å². The number of hydrogen-bond donors (Lipinski definition) is 1. The normalized spacial score (nSPS) is 10.6. The molecule has 0 bridgehead atoms. The molecule has 2 aromatic rings. The molecule has 0 fully saturated rings. The Labute approximate surface area is 110 Å². The van der Waals surface area contributed by atoms with Gasteiger partial charge in [-0.1, -0.05) is 12.1 Å². The van der Waals surface area contributed by atoms with Crippen molar-refractivity contribution < 1.29 is 9.90 Å². The van der Waals surface area contributed by atoms with E-state index in [4.69, 9.17) is 5.11 Å². The average molecular weight is 260 g/mol. The molecule has 19 heavy (non-hydrogen) atoms. The summed E-state index contributed by atoms with van der Waals surface area (Å²) in [6, 6.07) is 7.41. The predicted molar refractivity (Wildman–Crippen MR) is 71.7 cm³/mol. The second-order valence-corrected chi connectivity index (χ2v) is 4.56. The van der Waals surface area contributed by atoms with Crippen LogP contribution in [0, 0.1) is 6.92 Å². The Kier molecular flexibility index (Phi) is 3.55. The number of aromatic nitrogens is 2. The van der Waals surface area contributed by atoms with E-state index in [1.807, 2.05) is 31.2 Å².